The summed E-state index contributed by atoms with van der Waals surface area (Å²) in [6.07, 6.45) is 2.86. The lowest BCUT2D eigenvalue weighted by atomic mass is 9.95. The zero-order valence-electron chi connectivity index (χ0n) is 19.2. The molecule has 182 valence electrons. The van der Waals surface area contributed by atoms with E-state index >= 15 is 0 Å². The molecule has 0 unspecified atom stereocenters. The van der Waals surface area contributed by atoms with Crippen LogP contribution in [-0.2, 0) is 14.8 Å². The van der Waals surface area contributed by atoms with Crippen LogP contribution in [0.25, 0.3) is 0 Å². The maximum atomic E-state index is 12.9. The fourth-order valence-electron chi connectivity index (χ4n) is 4.48. The lowest BCUT2D eigenvalue weighted by molar-refractivity contribution is -0.121. The minimum Gasteiger partial charge on any atom is -0.339 e. The summed E-state index contributed by atoms with van der Waals surface area (Å²) in [6, 6.07) is 13.3. The van der Waals surface area contributed by atoms with Crippen LogP contribution in [0.1, 0.15) is 43.0 Å². The summed E-state index contributed by atoms with van der Waals surface area (Å²) in [5.74, 6) is 0.0918. The molecule has 2 heterocycles. The Morgan fingerprint density at radius 2 is 1.53 bits per heavy atom. The van der Waals surface area contributed by atoms with Crippen molar-refractivity contribution in [3.63, 3.8) is 0 Å². The average molecular weight is 504 g/mol. The number of sulfonamides is 1. The van der Waals surface area contributed by atoms with Crippen molar-refractivity contribution in [2.45, 2.75) is 37.5 Å². The average Bonchev–Trinajstić information content (AvgIpc) is 2.84. The van der Waals surface area contributed by atoms with Gasteiger partial charge in [0.05, 0.1) is 15.5 Å². The molecule has 0 bridgehead atoms. The van der Waals surface area contributed by atoms with E-state index in [2.05, 4.69) is 12.2 Å². The third kappa shape index (κ3) is 5.45. The largest absolute Gasteiger partial charge is 0.339 e. The summed E-state index contributed by atoms with van der Waals surface area (Å²) in [5.41, 5.74) is 1.03. The van der Waals surface area contributed by atoms with E-state index in [4.69, 9.17) is 11.6 Å². The van der Waals surface area contributed by atoms with Gasteiger partial charge in [0.15, 0.2) is 0 Å². The Hall–Kier alpha value is -2.42. The van der Waals surface area contributed by atoms with Gasteiger partial charge in [0.1, 0.15) is 0 Å². The van der Waals surface area contributed by atoms with Gasteiger partial charge >= 0.3 is 0 Å². The summed E-state index contributed by atoms with van der Waals surface area (Å²) in [6.45, 7) is 4.18. The Bertz CT molecular complexity index is 1140. The van der Waals surface area contributed by atoms with Crippen molar-refractivity contribution in [1.82, 2.24) is 9.21 Å². The standard InChI is InChI=1S/C25H30ClN3O4S/c1-18-10-16-29(17-11-18)34(32,33)21-8-6-20(7-9-21)27-24(30)19-12-14-28(15-13-19)25(31)22-4-2-3-5-23(22)26/h2-9,18-19H,10-17H2,1H3,(H,27,30). The topological polar surface area (TPSA) is 86.8 Å². The molecule has 2 aromatic carbocycles. The SMILES string of the molecule is CC1CCN(S(=O)(=O)c2ccc(NC(=O)C3CCN(C(=O)c4ccccc4Cl)CC3)cc2)CC1. The number of piperidine rings is 2. The quantitative estimate of drug-likeness (QED) is 0.660. The Balaban J connectivity index is 1.31. The predicted molar refractivity (Wildman–Crippen MR) is 132 cm³/mol. The molecule has 2 aromatic rings. The second-order valence-corrected chi connectivity index (χ2v) is 11.5. The molecule has 2 amide bonds. The van der Waals surface area contributed by atoms with Gasteiger partial charge in [-0.1, -0.05) is 30.7 Å². The molecule has 4 rings (SSSR count). The highest BCUT2D eigenvalue weighted by Crippen LogP contribution is 2.26. The fraction of sp³-hybridized carbons (Fsp3) is 0.440. The van der Waals surface area contributed by atoms with E-state index in [9.17, 15) is 18.0 Å². The number of carbonyl (C=O) groups is 2. The van der Waals surface area contributed by atoms with Crippen molar-refractivity contribution in [3.8, 4) is 0 Å². The first-order valence-electron chi connectivity index (χ1n) is 11.7. The number of benzene rings is 2. The third-order valence-corrected chi connectivity index (χ3v) is 9.00. The fourth-order valence-corrected chi connectivity index (χ4v) is 6.16. The number of carbonyl (C=O) groups excluding carboxylic acids is 2. The van der Waals surface area contributed by atoms with Crippen molar-refractivity contribution in [2.24, 2.45) is 11.8 Å². The molecular formula is C25H30ClN3O4S. The van der Waals surface area contributed by atoms with E-state index in [1.165, 1.54) is 4.31 Å². The van der Waals surface area contributed by atoms with Gasteiger partial charge in [0, 0.05) is 37.8 Å². The normalized spacial score (nSPS) is 18.6. The number of rotatable bonds is 5. The van der Waals surface area contributed by atoms with E-state index in [-0.39, 0.29) is 22.6 Å². The van der Waals surface area contributed by atoms with E-state index in [1.54, 1.807) is 53.4 Å². The smallest absolute Gasteiger partial charge is 0.255 e. The van der Waals surface area contributed by atoms with Gasteiger partial charge in [-0.15, -0.1) is 0 Å². The number of hydrogen-bond acceptors (Lipinski definition) is 4. The molecule has 2 aliphatic heterocycles. The highest BCUT2D eigenvalue weighted by Gasteiger charge is 2.30. The van der Waals surface area contributed by atoms with Crippen LogP contribution in [0.15, 0.2) is 53.4 Å². The Morgan fingerprint density at radius 3 is 2.15 bits per heavy atom. The van der Waals surface area contributed by atoms with Crippen molar-refractivity contribution in [3.05, 3.63) is 59.1 Å². The first-order valence-corrected chi connectivity index (χ1v) is 13.5. The van der Waals surface area contributed by atoms with E-state index in [0.717, 1.165) is 12.8 Å². The molecule has 0 aromatic heterocycles. The minimum absolute atomic E-state index is 0.120. The summed E-state index contributed by atoms with van der Waals surface area (Å²) in [4.78, 5) is 27.5. The van der Waals surface area contributed by atoms with Gasteiger partial charge in [0.2, 0.25) is 15.9 Å². The zero-order chi connectivity index (χ0) is 24.3. The first kappa shape index (κ1) is 24.7. The molecule has 1 N–H and O–H groups in total. The molecular weight excluding hydrogens is 474 g/mol. The Labute approximate surface area is 206 Å². The minimum atomic E-state index is -3.52. The maximum absolute atomic E-state index is 12.9. The number of likely N-dealkylation sites (tertiary alicyclic amines) is 1. The van der Waals surface area contributed by atoms with Crippen molar-refractivity contribution in [2.75, 3.05) is 31.5 Å². The summed E-state index contributed by atoms with van der Waals surface area (Å²) in [7, 11) is -3.52. The van der Waals surface area contributed by atoms with Gasteiger partial charge < -0.3 is 10.2 Å². The van der Waals surface area contributed by atoms with Crippen LogP contribution in [0.2, 0.25) is 5.02 Å². The molecule has 0 atom stereocenters. The van der Waals surface area contributed by atoms with E-state index in [1.807, 2.05) is 0 Å². The summed E-state index contributed by atoms with van der Waals surface area (Å²) >= 11 is 6.14. The molecule has 2 fully saturated rings. The van der Waals surface area contributed by atoms with Crippen molar-refractivity contribution >= 4 is 39.1 Å². The zero-order valence-corrected chi connectivity index (χ0v) is 20.8. The molecule has 0 radical (unpaired) electrons. The van der Waals surface area contributed by atoms with Crippen LogP contribution in [0.3, 0.4) is 0 Å². The molecule has 9 heteroatoms. The van der Waals surface area contributed by atoms with Gasteiger partial charge in [-0.3, -0.25) is 9.59 Å². The Kier molecular flexibility index (Phi) is 7.60. The number of nitrogens with zero attached hydrogens (tertiary/aromatic N) is 2. The van der Waals surface area contributed by atoms with Crippen LogP contribution in [0.5, 0.6) is 0 Å². The molecule has 34 heavy (non-hydrogen) atoms. The van der Waals surface area contributed by atoms with Crippen molar-refractivity contribution < 1.29 is 18.0 Å². The lowest BCUT2D eigenvalue weighted by Crippen LogP contribution is -2.41. The molecule has 2 aliphatic rings. The van der Waals surface area contributed by atoms with Crippen molar-refractivity contribution in [1.29, 1.82) is 0 Å². The third-order valence-electron chi connectivity index (χ3n) is 6.76. The van der Waals surface area contributed by atoms with E-state index in [0.29, 0.717) is 61.2 Å². The highest BCUT2D eigenvalue weighted by atomic mass is 35.5. The number of anilines is 1. The van der Waals surface area contributed by atoms with Gasteiger partial charge in [-0.25, -0.2) is 8.42 Å². The highest BCUT2D eigenvalue weighted by molar-refractivity contribution is 7.89. The lowest BCUT2D eigenvalue weighted by Gasteiger charge is -2.31. The summed E-state index contributed by atoms with van der Waals surface area (Å²) < 4.78 is 27.3. The van der Waals surface area contributed by atoms with Crippen LogP contribution in [0, 0.1) is 11.8 Å². The number of amides is 2. The van der Waals surface area contributed by atoms with Gasteiger partial charge in [-0.2, -0.15) is 4.31 Å². The molecule has 2 saturated heterocycles. The Morgan fingerprint density at radius 1 is 0.912 bits per heavy atom. The predicted octanol–water partition coefficient (Wildman–Crippen LogP) is 4.25. The number of halogens is 1. The van der Waals surface area contributed by atoms with Crippen LogP contribution in [0.4, 0.5) is 5.69 Å². The van der Waals surface area contributed by atoms with Gasteiger partial charge in [-0.05, 0) is 68.0 Å². The molecule has 0 spiro atoms. The first-order chi connectivity index (χ1) is 16.3. The second-order valence-electron chi connectivity index (χ2n) is 9.15. The van der Waals surface area contributed by atoms with E-state index < -0.39 is 10.0 Å². The maximum Gasteiger partial charge on any atom is 0.255 e. The van der Waals surface area contributed by atoms with Crippen LogP contribution >= 0.6 is 11.6 Å². The molecule has 7 nitrogen and oxygen atoms in total. The number of nitrogens with one attached hydrogen (secondary N) is 1. The monoisotopic (exact) mass is 503 g/mol. The summed E-state index contributed by atoms with van der Waals surface area (Å²) in [5, 5.41) is 3.31. The molecule has 0 aliphatic carbocycles. The molecule has 0 saturated carbocycles. The second kappa shape index (κ2) is 10.5. The van der Waals surface area contributed by atoms with Gasteiger partial charge in [0.25, 0.3) is 5.91 Å². The van der Waals surface area contributed by atoms with Crippen LogP contribution < -0.4 is 5.32 Å². The number of hydrogen-bond donors (Lipinski definition) is 1. The van der Waals surface area contributed by atoms with Crippen LogP contribution in [-0.4, -0.2) is 55.6 Å².